The van der Waals surface area contributed by atoms with Gasteiger partial charge in [0.2, 0.25) is 12.7 Å². The van der Waals surface area contributed by atoms with Crippen LogP contribution in [0.25, 0.3) is 11.3 Å². The van der Waals surface area contributed by atoms with Crippen LogP contribution in [0.3, 0.4) is 0 Å². The topological polar surface area (TPSA) is 73.6 Å². The number of amides is 1. The number of fused-ring (bicyclic) bond motifs is 1. The molecule has 0 bridgehead atoms. The summed E-state index contributed by atoms with van der Waals surface area (Å²) in [6.45, 7) is 4.22. The summed E-state index contributed by atoms with van der Waals surface area (Å²) in [5.41, 5.74) is 3.86. The molecule has 1 N–H and O–H groups in total. The van der Waals surface area contributed by atoms with Gasteiger partial charge in [-0.25, -0.2) is 0 Å². The molecular weight excluding hydrogens is 356 g/mol. The van der Waals surface area contributed by atoms with Crippen molar-refractivity contribution in [2.75, 3.05) is 12.1 Å². The Balaban J connectivity index is 1.41. The summed E-state index contributed by atoms with van der Waals surface area (Å²) >= 11 is 0. The van der Waals surface area contributed by atoms with Crippen LogP contribution in [0.2, 0.25) is 0 Å². The molecule has 6 heteroatoms. The van der Waals surface area contributed by atoms with Gasteiger partial charge in [0.1, 0.15) is 0 Å². The van der Waals surface area contributed by atoms with E-state index in [4.69, 9.17) is 14.0 Å². The van der Waals surface area contributed by atoms with Gasteiger partial charge >= 0.3 is 0 Å². The maximum absolute atomic E-state index is 13.1. The summed E-state index contributed by atoms with van der Waals surface area (Å²) in [5.74, 6) is 1.98. The van der Waals surface area contributed by atoms with E-state index in [9.17, 15) is 4.79 Å². The van der Waals surface area contributed by atoms with E-state index in [-0.39, 0.29) is 12.7 Å². The van der Waals surface area contributed by atoms with E-state index in [1.165, 1.54) is 0 Å². The zero-order chi connectivity index (χ0) is 19.3. The first-order chi connectivity index (χ1) is 13.6. The normalized spacial score (nSPS) is 16.1. The molecule has 1 aliphatic carbocycles. The van der Waals surface area contributed by atoms with Crippen molar-refractivity contribution in [3.05, 3.63) is 59.3 Å². The van der Waals surface area contributed by atoms with E-state index in [2.05, 4.69) is 10.5 Å². The standard InChI is InChI=1S/C22H20N2O4/c1-13-4-3-5-14(2)20(13)23-21(25)22(8-9-22)19-11-17(28-24-19)15-6-7-16-18(10-15)27-12-26-16/h3-7,10-11H,8-9,12H2,1-2H3,(H,23,25). The van der Waals surface area contributed by atoms with Crippen LogP contribution in [0.4, 0.5) is 5.69 Å². The summed E-state index contributed by atoms with van der Waals surface area (Å²) in [5, 5.41) is 7.33. The molecule has 142 valence electrons. The Morgan fingerprint density at radius 2 is 1.79 bits per heavy atom. The monoisotopic (exact) mass is 376 g/mol. The largest absolute Gasteiger partial charge is 0.454 e. The van der Waals surface area contributed by atoms with Crippen molar-refractivity contribution in [2.45, 2.75) is 32.1 Å². The summed E-state index contributed by atoms with van der Waals surface area (Å²) in [6.07, 6.45) is 1.52. The van der Waals surface area contributed by atoms with E-state index in [1.807, 2.05) is 56.3 Å². The molecule has 0 atom stereocenters. The summed E-state index contributed by atoms with van der Waals surface area (Å²) in [6, 6.07) is 13.4. The van der Waals surface area contributed by atoms with Crippen LogP contribution in [0.1, 0.15) is 29.7 Å². The summed E-state index contributed by atoms with van der Waals surface area (Å²) < 4.78 is 16.3. The molecule has 0 unspecified atom stereocenters. The molecule has 1 aliphatic heterocycles. The van der Waals surface area contributed by atoms with Gasteiger partial charge in [-0.1, -0.05) is 23.4 Å². The highest BCUT2D eigenvalue weighted by atomic mass is 16.7. The van der Waals surface area contributed by atoms with E-state index < -0.39 is 5.41 Å². The van der Waals surface area contributed by atoms with Crippen LogP contribution in [0, 0.1) is 13.8 Å². The number of hydrogen-bond donors (Lipinski definition) is 1. The van der Waals surface area contributed by atoms with Gasteiger partial charge in [0.15, 0.2) is 17.3 Å². The van der Waals surface area contributed by atoms with Crippen LogP contribution < -0.4 is 14.8 Å². The second-order valence-electron chi connectivity index (χ2n) is 7.45. The molecule has 1 amide bonds. The van der Waals surface area contributed by atoms with Gasteiger partial charge in [-0.3, -0.25) is 4.79 Å². The molecule has 1 aromatic heterocycles. The first kappa shape index (κ1) is 16.9. The fourth-order valence-corrected chi connectivity index (χ4v) is 3.66. The predicted molar refractivity (Wildman–Crippen MR) is 104 cm³/mol. The highest BCUT2D eigenvalue weighted by Gasteiger charge is 2.54. The lowest BCUT2D eigenvalue weighted by atomic mass is 9.99. The molecule has 6 nitrogen and oxygen atoms in total. The molecule has 2 aromatic carbocycles. The molecule has 1 saturated carbocycles. The van der Waals surface area contributed by atoms with Crippen molar-refractivity contribution in [3.63, 3.8) is 0 Å². The average Bonchev–Trinajstić information content (AvgIpc) is 3.13. The minimum Gasteiger partial charge on any atom is -0.454 e. The Labute approximate surface area is 162 Å². The third-order valence-electron chi connectivity index (χ3n) is 5.56. The third kappa shape index (κ3) is 2.64. The number of aromatic nitrogens is 1. The van der Waals surface area contributed by atoms with Crippen molar-refractivity contribution in [3.8, 4) is 22.8 Å². The van der Waals surface area contributed by atoms with Gasteiger partial charge in [0.05, 0.1) is 11.1 Å². The Morgan fingerprint density at radius 3 is 2.54 bits per heavy atom. The van der Waals surface area contributed by atoms with Gasteiger partial charge in [0, 0.05) is 17.3 Å². The number of benzene rings is 2. The summed E-state index contributed by atoms with van der Waals surface area (Å²) in [7, 11) is 0. The number of para-hydroxylation sites is 1. The summed E-state index contributed by atoms with van der Waals surface area (Å²) in [4.78, 5) is 13.1. The highest BCUT2D eigenvalue weighted by Crippen LogP contribution is 2.49. The van der Waals surface area contributed by atoms with Crippen LogP contribution >= 0.6 is 0 Å². The maximum atomic E-state index is 13.1. The first-order valence-electron chi connectivity index (χ1n) is 9.32. The van der Waals surface area contributed by atoms with Gasteiger partial charge in [-0.2, -0.15) is 0 Å². The van der Waals surface area contributed by atoms with E-state index in [0.29, 0.717) is 17.2 Å². The number of ether oxygens (including phenoxy) is 2. The Hall–Kier alpha value is -3.28. The lowest BCUT2D eigenvalue weighted by molar-refractivity contribution is -0.118. The number of anilines is 1. The second-order valence-corrected chi connectivity index (χ2v) is 7.45. The fourth-order valence-electron chi connectivity index (χ4n) is 3.66. The number of carbonyl (C=O) groups is 1. The smallest absolute Gasteiger partial charge is 0.236 e. The molecule has 5 rings (SSSR count). The number of hydrogen-bond acceptors (Lipinski definition) is 5. The van der Waals surface area contributed by atoms with Crippen LogP contribution in [0.15, 0.2) is 47.0 Å². The second kappa shape index (κ2) is 6.12. The zero-order valence-corrected chi connectivity index (χ0v) is 15.7. The van der Waals surface area contributed by atoms with Crippen molar-refractivity contribution >= 4 is 11.6 Å². The van der Waals surface area contributed by atoms with Gasteiger partial charge in [-0.15, -0.1) is 0 Å². The van der Waals surface area contributed by atoms with Crippen molar-refractivity contribution in [1.29, 1.82) is 0 Å². The number of nitrogens with one attached hydrogen (secondary N) is 1. The van der Waals surface area contributed by atoms with Gasteiger partial charge in [-0.05, 0) is 56.0 Å². The van der Waals surface area contributed by atoms with Crippen LogP contribution in [-0.2, 0) is 10.2 Å². The predicted octanol–water partition coefficient (Wildman–Crippen LogP) is 4.36. The van der Waals surface area contributed by atoms with Gasteiger partial charge < -0.3 is 19.3 Å². The SMILES string of the molecule is Cc1cccc(C)c1NC(=O)C1(c2cc(-c3ccc4c(c3)OCO4)on2)CC1. The molecule has 1 fully saturated rings. The highest BCUT2D eigenvalue weighted by molar-refractivity contribution is 6.02. The van der Waals surface area contributed by atoms with Gasteiger partial charge in [0.25, 0.3) is 0 Å². The number of aryl methyl sites for hydroxylation is 2. The quantitative estimate of drug-likeness (QED) is 0.732. The van der Waals surface area contributed by atoms with E-state index in [1.54, 1.807) is 0 Å². The van der Waals surface area contributed by atoms with Crippen molar-refractivity contribution in [1.82, 2.24) is 5.16 Å². The van der Waals surface area contributed by atoms with Crippen LogP contribution in [-0.4, -0.2) is 17.9 Å². The van der Waals surface area contributed by atoms with Crippen molar-refractivity contribution < 1.29 is 18.8 Å². The molecule has 0 spiro atoms. The third-order valence-corrected chi connectivity index (χ3v) is 5.56. The molecule has 3 aromatic rings. The van der Waals surface area contributed by atoms with E-state index in [0.717, 1.165) is 41.0 Å². The maximum Gasteiger partial charge on any atom is 0.236 e. The zero-order valence-electron chi connectivity index (χ0n) is 15.7. The average molecular weight is 376 g/mol. The molecular formula is C22H20N2O4. The molecule has 0 radical (unpaired) electrons. The molecule has 2 heterocycles. The van der Waals surface area contributed by atoms with E-state index >= 15 is 0 Å². The lowest BCUT2D eigenvalue weighted by Crippen LogP contribution is -2.28. The molecule has 0 saturated heterocycles. The fraction of sp³-hybridized carbons (Fsp3) is 0.273. The minimum atomic E-state index is -0.618. The lowest BCUT2D eigenvalue weighted by Gasteiger charge is -2.16. The number of carbonyl (C=O) groups excluding carboxylic acids is 1. The Morgan fingerprint density at radius 1 is 1.04 bits per heavy atom. The van der Waals surface area contributed by atoms with Crippen molar-refractivity contribution in [2.24, 2.45) is 0 Å². The minimum absolute atomic E-state index is 0.0320. The number of nitrogens with zero attached hydrogens (tertiary/aromatic N) is 1. The first-order valence-corrected chi connectivity index (χ1v) is 9.32. The molecule has 2 aliphatic rings. The Kier molecular flexibility index (Phi) is 3.69. The molecule has 28 heavy (non-hydrogen) atoms. The number of rotatable bonds is 4. The van der Waals surface area contributed by atoms with Crippen LogP contribution in [0.5, 0.6) is 11.5 Å². The Bertz CT molecular complexity index is 1060.